The molecular formula is C21H22N2OS2. The van der Waals surface area contributed by atoms with E-state index in [2.05, 4.69) is 63.3 Å². The monoisotopic (exact) mass is 382 g/mol. The number of ether oxygens (including phenoxy) is 1. The van der Waals surface area contributed by atoms with Crippen LogP contribution in [0.3, 0.4) is 0 Å². The van der Waals surface area contributed by atoms with E-state index in [1.165, 1.54) is 27.1 Å². The number of hydrogen-bond acceptors (Lipinski definition) is 5. The lowest BCUT2D eigenvalue weighted by molar-refractivity contribution is 0.415. The Morgan fingerprint density at radius 1 is 1.00 bits per heavy atom. The molecule has 1 aliphatic heterocycles. The fourth-order valence-corrected chi connectivity index (χ4v) is 6.20. The minimum Gasteiger partial charge on any atom is -0.497 e. The molecule has 0 saturated carbocycles. The molecule has 3 aromatic rings. The molecule has 0 bridgehead atoms. The van der Waals surface area contributed by atoms with Crippen LogP contribution >= 0.6 is 20.7 Å². The molecule has 0 aliphatic carbocycles. The zero-order chi connectivity index (χ0) is 18.5. The summed E-state index contributed by atoms with van der Waals surface area (Å²) in [5.74, 6) is 0.865. The summed E-state index contributed by atoms with van der Waals surface area (Å²) in [5.41, 5.74) is 6.98. The highest BCUT2D eigenvalue weighted by Crippen LogP contribution is 2.46. The predicted octanol–water partition coefficient (Wildman–Crippen LogP) is 6.00. The lowest BCUT2D eigenvalue weighted by atomic mass is 9.90. The summed E-state index contributed by atoms with van der Waals surface area (Å²) < 4.78 is 6.53. The minimum atomic E-state index is -0.116. The van der Waals surface area contributed by atoms with Gasteiger partial charge in [-0.1, -0.05) is 26.7 Å². The van der Waals surface area contributed by atoms with E-state index in [1.807, 2.05) is 16.4 Å². The van der Waals surface area contributed by atoms with Gasteiger partial charge in [-0.05, 0) is 69.2 Å². The van der Waals surface area contributed by atoms with Crippen LogP contribution in [0.15, 0.2) is 41.4 Å². The molecule has 4 rings (SSSR count). The minimum absolute atomic E-state index is 0.116. The van der Waals surface area contributed by atoms with E-state index in [4.69, 9.17) is 9.73 Å². The first-order valence-corrected chi connectivity index (χ1v) is 10.8. The summed E-state index contributed by atoms with van der Waals surface area (Å²) in [5, 5.41) is 3.66. The van der Waals surface area contributed by atoms with Crippen LogP contribution in [-0.2, 0) is 5.54 Å². The molecule has 1 aliphatic rings. The third-order valence-corrected chi connectivity index (χ3v) is 7.52. The van der Waals surface area contributed by atoms with Crippen LogP contribution in [0.1, 0.15) is 29.9 Å². The molecule has 0 atom stereocenters. The molecule has 0 amide bonds. The summed E-state index contributed by atoms with van der Waals surface area (Å²) in [4.78, 5) is 6.32. The molecule has 0 unspecified atom stereocenters. The van der Waals surface area contributed by atoms with Crippen molar-refractivity contribution in [2.24, 2.45) is 4.99 Å². The Kier molecular flexibility index (Phi) is 4.16. The lowest BCUT2D eigenvalue weighted by Crippen LogP contribution is -2.31. The Bertz CT molecular complexity index is 1060. The molecule has 2 aromatic carbocycles. The fraction of sp³-hybridized carbons (Fsp3) is 0.286. The highest BCUT2D eigenvalue weighted by atomic mass is 32.9. The van der Waals surface area contributed by atoms with E-state index < -0.39 is 0 Å². The summed E-state index contributed by atoms with van der Waals surface area (Å²) in [6.07, 6.45) is 0. The molecular weight excluding hydrogens is 360 g/mol. The Morgan fingerprint density at radius 2 is 1.81 bits per heavy atom. The topological polar surface area (TPSA) is 33.6 Å². The normalized spacial score (nSPS) is 15.2. The Hall–Kier alpha value is -2.11. The number of rotatable bonds is 2. The molecule has 134 valence electrons. The van der Waals surface area contributed by atoms with Gasteiger partial charge in [-0.3, -0.25) is 0 Å². The second-order valence-corrected chi connectivity index (χ2v) is 9.35. The van der Waals surface area contributed by atoms with E-state index in [1.54, 1.807) is 17.5 Å². The van der Waals surface area contributed by atoms with Gasteiger partial charge < -0.3 is 10.1 Å². The Labute approximate surface area is 161 Å². The van der Waals surface area contributed by atoms with Gasteiger partial charge in [0.1, 0.15) is 10.4 Å². The molecule has 0 spiro atoms. The maximum atomic E-state index is 5.46. The summed E-state index contributed by atoms with van der Waals surface area (Å²) >= 11 is 0. The van der Waals surface area contributed by atoms with E-state index in [0.717, 1.165) is 21.8 Å². The standard InChI is InChI=1S/C21H22N2OS2/c1-12-6-7-14(10-13(12)2)22-20-18-16-11-15(24-5)8-9-17(16)23-21(3,4)19(18)25-26-20/h6-11,23H,1-5H3. The van der Waals surface area contributed by atoms with Crippen LogP contribution in [0.25, 0.3) is 11.1 Å². The van der Waals surface area contributed by atoms with Crippen LogP contribution in [0.4, 0.5) is 11.4 Å². The van der Waals surface area contributed by atoms with Crippen LogP contribution in [0.5, 0.6) is 5.75 Å². The largest absolute Gasteiger partial charge is 0.497 e. The quantitative estimate of drug-likeness (QED) is 0.552. The first-order chi connectivity index (χ1) is 12.4. The van der Waals surface area contributed by atoms with E-state index in [0.29, 0.717) is 0 Å². The molecule has 0 fully saturated rings. The Balaban J connectivity index is 1.96. The van der Waals surface area contributed by atoms with Crippen molar-refractivity contribution in [3.05, 3.63) is 57.1 Å². The highest BCUT2D eigenvalue weighted by Gasteiger charge is 2.33. The average molecular weight is 383 g/mol. The van der Waals surface area contributed by atoms with Gasteiger partial charge in [0.15, 0.2) is 0 Å². The average Bonchev–Trinajstić information content (AvgIpc) is 3.03. The number of hydrogen-bond donors (Lipinski definition) is 1. The number of nitrogens with one attached hydrogen (secondary N) is 1. The van der Waals surface area contributed by atoms with E-state index in [-0.39, 0.29) is 5.54 Å². The second kappa shape index (κ2) is 6.25. The van der Waals surface area contributed by atoms with Gasteiger partial charge in [0.05, 0.1) is 23.2 Å². The third kappa shape index (κ3) is 2.85. The van der Waals surface area contributed by atoms with E-state index >= 15 is 0 Å². The molecule has 2 heterocycles. The summed E-state index contributed by atoms with van der Waals surface area (Å²) in [6, 6.07) is 12.6. The smallest absolute Gasteiger partial charge is 0.135 e. The number of methoxy groups -OCH3 is 1. The van der Waals surface area contributed by atoms with Crippen molar-refractivity contribution in [1.82, 2.24) is 0 Å². The van der Waals surface area contributed by atoms with Crippen molar-refractivity contribution >= 4 is 32.1 Å². The third-order valence-electron chi connectivity index (χ3n) is 4.88. The molecule has 1 N–H and O–H groups in total. The van der Waals surface area contributed by atoms with Crippen molar-refractivity contribution in [3.8, 4) is 16.9 Å². The summed E-state index contributed by atoms with van der Waals surface area (Å²) in [6.45, 7) is 8.71. The molecule has 1 aromatic heterocycles. The van der Waals surface area contributed by atoms with Gasteiger partial charge in [0.25, 0.3) is 0 Å². The first kappa shape index (κ1) is 17.3. The van der Waals surface area contributed by atoms with Crippen molar-refractivity contribution in [1.29, 1.82) is 0 Å². The summed E-state index contributed by atoms with van der Waals surface area (Å²) in [7, 11) is 5.26. The van der Waals surface area contributed by atoms with Gasteiger partial charge in [0, 0.05) is 16.8 Å². The zero-order valence-electron chi connectivity index (χ0n) is 15.6. The predicted molar refractivity (Wildman–Crippen MR) is 112 cm³/mol. The number of benzene rings is 2. The van der Waals surface area contributed by atoms with Crippen molar-refractivity contribution in [2.75, 3.05) is 12.4 Å². The maximum Gasteiger partial charge on any atom is 0.135 e. The first-order valence-electron chi connectivity index (χ1n) is 8.61. The van der Waals surface area contributed by atoms with Gasteiger partial charge in [-0.25, -0.2) is 4.99 Å². The molecule has 3 nitrogen and oxygen atoms in total. The van der Waals surface area contributed by atoms with Crippen molar-refractivity contribution in [3.63, 3.8) is 0 Å². The number of aryl methyl sites for hydroxylation is 2. The van der Waals surface area contributed by atoms with Crippen LogP contribution in [0.2, 0.25) is 0 Å². The zero-order valence-corrected chi connectivity index (χ0v) is 17.3. The van der Waals surface area contributed by atoms with Crippen molar-refractivity contribution < 1.29 is 4.74 Å². The van der Waals surface area contributed by atoms with Gasteiger partial charge >= 0.3 is 0 Å². The Morgan fingerprint density at radius 3 is 2.54 bits per heavy atom. The molecule has 26 heavy (non-hydrogen) atoms. The van der Waals surface area contributed by atoms with Crippen LogP contribution < -0.4 is 14.7 Å². The molecule has 5 heteroatoms. The SMILES string of the molecule is COc1ccc2c(c1)-c1c(ssc1=Nc1ccc(C)c(C)c1)C(C)(C)N2. The van der Waals surface area contributed by atoms with Crippen LogP contribution in [-0.4, -0.2) is 7.11 Å². The second-order valence-electron chi connectivity index (χ2n) is 7.22. The lowest BCUT2D eigenvalue weighted by Gasteiger charge is -2.33. The number of fused-ring (bicyclic) bond motifs is 3. The van der Waals surface area contributed by atoms with Gasteiger partial charge in [-0.2, -0.15) is 0 Å². The van der Waals surface area contributed by atoms with Crippen LogP contribution in [0, 0.1) is 13.8 Å². The van der Waals surface area contributed by atoms with Crippen molar-refractivity contribution in [2.45, 2.75) is 33.2 Å². The highest BCUT2D eigenvalue weighted by molar-refractivity contribution is 7.68. The molecule has 0 saturated heterocycles. The molecule has 0 radical (unpaired) electrons. The number of anilines is 1. The number of nitrogens with zero attached hydrogens (tertiary/aromatic N) is 1. The van der Waals surface area contributed by atoms with E-state index in [9.17, 15) is 0 Å². The maximum absolute atomic E-state index is 5.46. The van der Waals surface area contributed by atoms with Gasteiger partial charge in [0.2, 0.25) is 0 Å². The fourth-order valence-electron chi connectivity index (χ4n) is 3.26. The van der Waals surface area contributed by atoms with Gasteiger partial charge in [-0.15, -0.1) is 0 Å².